The van der Waals surface area contributed by atoms with Crippen molar-refractivity contribution in [1.29, 1.82) is 0 Å². The summed E-state index contributed by atoms with van der Waals surface area (Å²) >= 11 is 0. The Kier molecular flexibility index (Phi) is 6.46. The van der Waals surface area contributed by atoms with E-state index in [1.165, 1.54) is 0 Å². The predicted molar refractivity (Wildman–Crippen MR) is 113 cm³/mol. The highest BCUT2D eigenvalue weighted by molar-refractivity contribution is 6.12. The fourth-order valence-corrected chi connectivity index (χ4v) is 3.60. The fourth-order valence-electron chi connectivity index (χ4n) is 3.60. The number of hydrogen-bond acceptors (Lipinski definition) is 6. The number of benzene rings is 2. The number of carbonyl (C=O) groups is 2. The van der Waals surface area contributed by atoms with Crippen molar-refractivity contribution < 1.29 is 24.2 Å². The molecule has 3 aromatic rings. The third-order valence-electron chi connectivity index (χ3n) is 5.09. The maximum Gasteiger partial charge on any atom is 0.290 e. The van der Waals surface area contributed by atoms with Gasteiger partial charge in [0.05, 0.1) is 31.6 Å². The van der Waals surface area contributed by atoms with E-state index < -0.39 is 0 Å². The SMILES string of the molecule is CCc1cc2nncc(N3CCc4ccc(OC)cc4C3=O)c2cc1OC.O=CO. The van der Waals surface area contributed by atoms with E-state index in [0.29, 0.717) is 17.9 Å². The number of fused-ring (bicyclic) bond motifs is 2. The van der Waals surface area contributed by atoms with Gasteiger partial charge in [-0.1, -0.05) is 13.0 Å². The molecule has 0 aliphatic carbocycles. The van der Waals surface area contributed by atoms with Crippen LogP contribution < -0.4 is 14.4 Å². The van der Waals surface area contributed by atoms with E-state index in [-0.39, 0.29) is 12.4 Å². The second kappa shape index (κ2) is 9.21. The molecule has 0 radical (unpaired) electrons. The summed E-state index contributed by atoms with van der Waals surface area (Å²) < 4.78 is 10.8. The normalized spacial score (nSPS) is 12.6. The molecule has 0 unspecified atom stereocenters. The Hall–Kier alpha value is -3.68. The van der Waals surface area contributed by atoms with Crippen LogP contribution in [0.1, 0.15) is 28.4 Å². The topological polar surface area (TPSA) is 102 Å². The first kappa shape index (κ1) is 21.0. The molecular formula is C22H23N3O5. The van der Waals surface area contributed by atoms with Crippen LogP contribution in [0.25, 0.3) is 10.9 Å². The van der Waals surface area contributed by atoms with Crippen LogP contribution in [0.3, 0.4) is 0 Å². The van der Waals surface area contributed by atoms with Gasteiger partial charge in [0.1, 0.15) is 11.5 Å². The molecule has 1 N–H and O–H groups in total. The molecule has 0 spiro atoms. The first-order valence-corrected chi connectivity index (χ1v) is 9.46. The third-order valence-corrected chi connectivity index (χ3v) is 5.09. The Morgan fingerprint density at radius 3 is 2.63 bits per heavy atom. The first-order chi connectivity index (χ1) is 14.6. The molecule has 2 aromatic carbocycles. The van der Waals surface area contributed by atoms with Crippen LogP contribution in [-0.2, 0) is 17.6 Å². The summed E-state index contributed by atoms with van der Waals surface area (Å²) in [6.07, 6.45) is 3.26. The third kappa shape index (κ3) is 3.89. The molecule has 0 saturated heterocycles. The van der Waals surface area contributed by atoms with Crippen molar-refractivity contribution in [1.82, 2.24) is 10.2 Å². The molecule has 0 saturated carbocycles. The van der Waals surface area contributed by atoms with Crippen LogP contribution in [0.2, 0.25) is 0 Å². The van der Waals surface area contributed by atoms with Gasteiger partial charge in [-0.2, -0.15) is 10.2 Å². The summed E-state index contributed by atoms with van der Waals surface area (Å²) in [5.41, 5.74) is 4.28. The van der Waals surface area contributed by atoms with Gasteiger partial charge in [0.15, 0.2) is 0 Å². The summed E-state index contributed by atoms with van der Waals surface area (Å²) in [5.74, 6) is 1.42. The van der Waals surface area contributed by atoms with Crippen molar-refractivity contribution in [3.63, 3.8) is 0 Å². The van der Waals surface area contributed by atoms with E-state index in [1.807, 2.05) is 24.3 Å². The molecule has 0 bridgehead atoms. The van der Waals surface area contributed by atoms with E-state index in [4.69, 9.17) is 19.4 Å². The molecule has 1 aliphatic heterocycles. The number of methoxy groups -OCH3 is 2. The van der Waals surface area contributed by atoms with E-state index in [2.05, 4.69) is 17.1 Å². The van der Waals surface area contributed by atoms with Crippen molar-refractivity contribution in [3.8, 4) is 11.5 Å². The number of amides is 1. The number of rotatable bonds is 4. The van der Waals surface area contributed by atoms with Crippen LogP contribution in [0.15, 0.2) is 36.5 Å². The highest BCUT2D eigenvalue weighted by atomic mass is 16.5. The summed E-state index contributed by atoms with van der Waals surface area (Å²) in [5, 5.41) is 16.1. The quantitative estimate of drug-likeness (QED) is 0.661. The summed E-state index contributed by atoms with van der Waals surface area (Å²) in [6, 6.07) is 9.59. The Balaban J connectivity index is 0.000000806. The highest BCUT2D eigenvalue weighted by Gasteiger charge is 2.27. The van der Waals surface area contributed by atoms with Gasteiger partial charge in [-0.3, -0.25) is 9.59 Å². The molecule has 1 amide bonds. The zero-order valence-corrected chi connectivity index (χ0v) is 17.1. The number of carboxylic acid groups (broad SMARTS) is 1. The smallest absolute Gasteiger partial charge is 0.290 e. The monoisotopic (exact) mass is 409 g/mol. The molecule has 1 aliphatic rings. The molecule has 30 heavy (non-hydrogen) atoms. The van der Waals surface area contributed by atoms with Crippen LogP contribution in [-0.4, -0.2) is 48.4 Å². The number of ether oxygens (including phenoxy) is 2. The van der Waals surface area contributed by atoms with Crippen molar-refractivity contribution in [2.75, 3.05) is 25.7 Å². The standard InChI is InChI=1S/C21H21N3O3.CH2O2/c1-4-13-9-18-17(11-20(13)27-3)19(12-22-23-18)24-8-7-14-5-6-15(26-2)10-16(14)21(24)25;2-1-3/h5-6,9-12H,4,7-8H2,1-3H3;1H,(H,2,3). The van der Waals surface area contributed by atoms with Gasteiger partial charge in [0, 0.05) is 17.5 Å². The Morgan fingerprint density at radius 2 is 1.97 bits per heavy atom. The number of carbonyl (C=O) groups excluding carboxylic acids is 1. The van der Waals surface area contributed by atoms with Gasteiger partial charge in [0.25, 0.3) is 12.4 Å². The lowest BCUT2D eigenvalue weighted by Crippen LogP contribution is -2.37. The van der Waals surface area contributed by atoms with Gasteiger partial charge in [0.2, 0.25) is 0 Å². The minimum Gasteiger partial charge on any atom is -0.497 e. The lowest BCUT2D eigenvalue weighted by atomic mass is 9.97. The molecule has 156 valence electrons. The maximum absolute atomic E-state index is 13.2. The second-order valence-corrected chi connectivity index (χ2v) is 6.60. The molecule has 2 heterocycles. The van der Waals surface area contributed by atoms with Gasteiger partial charge < -0.3 is 19.5 Å². The van der Waals surface area contributed by atoms with Crippen LogP contribution in [0, 0.1) is 0 Å². The zero-order valence-electron chi connectivity index (χ0n) is 17.1. The maximum atomic E-state index is 13.2. The second-order valence-electron chi connectivity index (χ2n) is 6.60. The van der Waals surface area contributed by atoms with Crippen molar-refractivity contribution in [2.45, 2.75) is 19.8 Å². The molecule has 8 heteroatoms. The van der Waals surface area contributed by atoms with Crippen molar-refractivity contribution >= 4 is 29.0 Å². The Bertz CT molecular complexity index is 1080. The number of aromatic nitrogens is 2. The summed E-state index contributed by atoms with van der Waals surface area (Å²) in [4.78, 5) is 23.3. The molecule has 1 aromatic heterocycles. The number of hydrogen-bond donors (Lipinski definition) is 1. The largest absolute Gasteiger partial charge is 0.497 e. The van der Waals surface area contributed by atoms with E-state index in [0.717, 1.165) is 46.3 Å². The minimum atomic E-state index is -0.250. The van der Waals surface area contributed by atoms with Crippen molar-refractivity contribution in [2.24, 2.45) is 0 Å². The van der Waals surface area contributed by atoms with Gasteiger partial charge in [-0.15, -0.1) is 0 Å². The molecule has 0 fully saturated rings. The average molecular weight is 409 g/mol. The minimum absolute atomic E-state index is 0.0528. The fraction of sp³-hybridized carbons (Fsp3) is 0.273. The number of aryl methyl sites for hydroxylation is 1. The average Bonchev–Trinajstić information content (AvgIpc) is 2.78. The van der Waals surface area contributed by atoms with Crippen LogP contribution in [0.5, 0.6) is 11.5 Å². The summed E-state index contributed by atoms with van der Waals surface area (Å²) in [7, 11) is 3.26. The molecule has 4 rings (SSSR count). The van der Waals surface area contributed by atoms with Gasteiger partial charge in [-0.25, -0.2) is 0 Å². The Labute approximate surface area is 174 Å². The van der Waals surface area contributed by atoms with Crippen LogP contribution in [0.4, 0.5) is 5.69 Å². The van der Waals surface area contributed by atoms with Gasteiger partial charge >= 0.3 is 0 Å². The lowest BCUT2D eigenvalue weighted by Gasteiger charge is -2.29. The van der Waals surface area contributed by atoms with Crippen LogP contribution >= 0.6 is 0 Å². The Morgan fingerprint density at radius 1 is 1.20 bits per heavy atom. The zero-order chi connectivity index (χ0) is 21.7. The molecule has 0 atom stereocenters. The summed E-state index contributed by atoms with van der Waals surface area (Å²) in [6.45, 7) is 2.41. The van der Waals surface area contributed by atoms with E-state index in [1.54, 1.807) is 31.4 Å². The lowest BCUT2D eigenvalue weighted by molar-refractivity contribution is -0.122. The molecule has 8 nitrogen and oxygen atoms in total. The highest BCUT2D eigenvalue weighted by Crippen LogP contribution is 2.34. The van der Waals surface area contributed by atoms with E-state index >= 15 is 0 Å². The number of nitrogens with zero attached hydrogens (tertiary/aromatic N) is 3. The first-order valence-electron chi connectivity index (χ1n) is 9.46. The van der Waals surface area contributed by atoms with Crippen molar-refractivity contribution in [3.05, 3.63) is 53.2 Å². The number of anilines is 1. The molecular weight excluding hydrogens is 386 g/mol. The predicted octanol–water partition coefficient (Wildman–Crippen LogP) is 3.11. The van der Waals surface area contributed by atoms with Gasteiger partial charge in [-0.05, 0) is 48.2 Å². The van der Waals surface area contributed by atoms with E-state index in [9.17, 15) is 4.79 Å².